The summed E-state index contributed by atoms with van der Waals surface area (Å²) in [6, 6.07) is 5.11. The molecule has 2 aromatic rings. The predicted octanol–water partition coefficient (Wildman–Crippen LogP) is 1.80. The molecular formula is C15H17NO5. The number of benzene rings is 1. The summed E-state index contributed by atoms with van der Waals surface area (Å²) in [5.74, 6) is -1.39. The first kappa shape index (κ1) is 15.1. The number of carboxylic acids is 1. The monoisotopic (exact) mass is 291 g/mol. The molecule has 0 fully saturated rings. The summed E-state index contributed by atoms with van der Waals surface area (Å²) in [6.07, 6.45) is 1.54. The molecule has 1 atom stereocenters. The molecule has 112 valence electrons. The van der Waals surface area contributed by atoms with Crippen LogP contribution < -0.4 is 10.2 Å². The molecule has 0 saturated carbocycles. The van der Waals surface area contributed by atoms with Crippen LogP contribution in [0.2, 0.25) is 0 Å². The lowest BCUT2D eigenvalue weighted by molar-refractivity contribution is -0.138. The second-order valence-electron chi connectivity index (χ2n) is 4.74. The van der Waals surface area contributed by atoms with Crippen LogP contribution in [0, 0.1) is 0 Å². The van der Waals surface area contributed by atoms with E-state index in [-0.39, 0.29) is 17.7 Å². The van der Waals surface area contributed by atoms with Crippen LogP contribution in [0.1, 0.15) is 18.4 Å². The van der Waals surface area contributed by atoms with Crippen LogP contribution in [0.3, 0.4) is 0 Å². The van der Waals surface area contributed by atoms with Crippen molar-refractivity contribution >= 4 is 16.9 Å². The van der Waals surface area contributed by atoms with E-state index in [0.29, 0.717) is 16.7 Å². The highest BCUT2D eigenvalue weighted by Crippen LogP contribution is 2.21. The van der Waals surface area contributed by atoms with Gasteiger partial charge in [0.25, 0.3) is 0 Å². The summed E-state index contributed by atoms with van der Waals surface area (Å²) in [5.41, 5.74) is 0.593. The van der Waals surface area contributed by atoms with Crippen LogP contribution in [0.25, 0.3) is 10.9 Å². The van der Waals surface area contributed by atoms with Crippen LogP contribution in [0.4, 0.5) is 0 Å². The van der Waals surface area contributed by atoms with Crippen molar-refractivity contribution in [3.8, 4) is 5.75 Å². The van der Waals surface area contributed by atoms with Gasteiger partial charge in [-0.3, -0.25) is 9.59 Å². The molecule has 1 aromatic carbocycles. The van der Waals surface area contributed by atoms with E-state index in [0.717, 1.165) is 0 Å². The molecule has 0 aliphatic rings. The fourth-order valence-electron chi connectivity index (χ4n) is 2.21. The number of carboxylic acid groups (broad SMARTS) is 1. The maximum Gasteiger partial charge on any atom is 0.310 e. The number of rotatable bonds is 5. The standard InChI is InChI=1S/C15H17NO5/c1-9(15(18)19)12-7-16(8-20-2)13-5-4-10(21-3)6-11(13)14(12)17/h4-7,9H,8H2,1-3H3,(H,18,19). The molecule has 0 radical (unpaired) electrons. The molecule has 0 spiro atoms. The van der Waals surface area contributed by atoms with Crippen molar-refractivity contribution < 1.29 is 19.4 Å². The normalized spacial score (nSPS) is 12.3. The molecule has 1 aromatic heterocycles. The van der Waals surface area contributed by atoms with Gasteiger partial charge >= 0.3 is 5.97 Å². The number of nitrogens with zero attached hydrogens (tertiary/aromatic N) is 1. The summed E-state index contributed by atoms with van der Waals surface area (Å²) in [5, 5.41) is 9.56. The lowest BCUT2D eigenvalue weighted by Gasteiger charge is -2.15. The van der Waals surface area contributed by atoms with Crippen molar-refractivity contribution in [3.05, 3.63) is 40.2 Å². The number of ether oxygens (including phenoxy) is 2. The molecule has 1 N–H and O–H groups in total. The van der Waals surface area contributed by atoms with Crippen LogP contribution >= 0.6 is 0 Å². The zero-order valence-electron chi connectivity index (χ0n) is 12.1. The van der Waals surface area contributed by atoms with Crippen LogP contribution in [0.15, 0.2) is 29.2 Å². The van der Waals surface area contributed by atoms with E-state index in [1.165, 1.54) is 21.1 Å². The maximum atomic E-state index is 12.5. The van der Waals surface area contributed by atoms with Crippen LogP contribution in [-0.2, 0) is 16.3 Å². The van der Waals surface area contributed by atoms with Gasteiger partial charge in [-0.2, -0.15) is 0 Å². The Morgan fingerprint density at radius 3 is 2.67 bits per heavy atom. The summed E-state index contributed by atoms with van der Waals surface area (Å²) >= 11 is 0. The number of carbonyl (C=O) groups is 1. The van der Waals surface area contributed by atoms with Gasteiger partial charge in [-0.15, -0.1) is 0 Å². The number of hydrogen-bond donors (Lipinski definition) is 1. The Hall–Kier alpha value is -2.34. The number of hydrogen-bond acceptors (Lipinski definition) is 4. The summed E-state index contributed by atoms with van der Waals surface area (Å²) < 4.78 is 12.0. The molecule has 0 aliphatic carbocycles. The summed E-state index contributed by atoms with van der Waals surface area (Å²) in [4.78, 5) is 23.7. The Morgan fingerprint density at radius 1 is 1.38 bits per heavy atom. The Kier molecular flexibility index (Phi) is 4.28. The van der Waals surface area contributed by atoms with Crippen molar-refractivity contribution in [3.63, 3.8) is 0 Å². The Morgan fingerprint density at radius 2 is 2.10 bits per heavy atom. The first-order chi connectivity index (χ1) is 9.99. The van der Waals surface area contributed by atoms with Gasteiger partial charge < -0.3 is 19.1 Å². The second-order valence-corrected chi connectivity index (χ2v) is 4.74. The van der Waals surface area contributed by atoms with Gasteiger partial charge in [0.05, 0.1) is 18.5 Å². The topological polar surface area (TPSA) is 77.8 Å². The Balaban J connectivity index is 2.79. The molecule has 0 aliphatic heterocycles. The molecule has 2 rings (SSSR count). The molecule has 1 unspecified atom stereocenters. The minimum atomic E-state index is -1.04. The van der Waals surface area contributed by atoms with Crippen molar-refractivity contribution in [1.29, 1.82) is 0 Å². The average molecular weight is 291 g/mol. The van der Waals surface area contributed by atoms with Crippen molar-refractivity contribution in [2.24, 2.45) is 0 Å². The lowest BCUT2D eigenvalue weighted by Crippen LogP contribution is -2.21. The van der Waals surface area contributed by atoms with Gasteiger partial charge in [-0.1, -0.05) is 0 Å². The number of pyridine rings is 1. The average Bonchev–Trinajstić information content (AvgIpc) is 2.49. The van der Waals surface area contributed by atoms with E-state index in [4.69, 9.17) is 14.6 Å². The van der Waals surface area contributed by atoms with E-state index in [2.05, 4.69) is 0 Å². The maximum absolute atomic E-state index is 12.5. The first-order valence-electron chi connectivity index (χ1n) is 6.42. The molecule has 1 heterocycles. The van der Waals surface area contributed by atoms with Gasteiger partial charge in [0.1, 0.15) is 12.5 Å². The molecule has 0 bridgehead atoms. The molecule has 21 heavy (non-hydrogen) atoms. The zero-order chi connectivity index (χ0) is 15.6. The smallest absolute Gasteiger partial charge is 0.310 e. The molecule has 0 amide bonds. The van der Waals surface area contributed by atoms with Crippen molar-refractivity contribution in [1.82, 2.24) is 4.57 Å². The highest BCUT2D eigenvalue weighted by Gasteiger charge is 2.20. The minimum absolute atomic E-state index is 0.223. The van der Waals surface area contributed by atoms with Gasteiger partial charge in [-0.05, 0) is 25.1 Å². The number of fused-ring (bicyclic) bond motifs is 1. The fraction of sp³-hybridized carbons (Fsp3) is 0.333. The largest absolute Gasteiger partial charge is 0.497 e. The summed E-state index contributed by atoms with van der Waals surface area (Å²) in [6.45, 7) is 1.71. The second kappa shape index (κ2) is 5.97. The van der Waals surface area contributed by atoms with Gasteiger partial charge in [0, 0.05) is 24.3 Å². The van der Waals surface area contributed by atoms with Gasteiger partial charge in [0.15, 0.2) is 5.43 Å². The third kappa shape index (κ3) is 2.75. The van der Waals surface area contributed by atoms with Crippen molar-refractivity contribution in [2.75, 3.05) is 14.2 Å². The third-order valence-corrected chi connectivity index (χ3v) is 3.42. The van der Waals surface area contributed by atoms with Crippen LogP contribution in [0.5, 0.6) is 5.75 Å². The Bertz CT molecular complexity index is 735. The number of methoxy groups -OCH3 is 2. The summed E-state index contributed by atoms with van der Waals surface area (Å²) in [7, 11) is 3.05. The quantitative estimate of drug-likeness (QED) is 0.909. The molecule has 6 nitrogen and oxygen atoms in total. The van der Waals surface area contributed by atoms with Crippen LogP contribution in [-0.4, -0.2) is 29.9 Å². The highest BCUT2D eigenvalue weighted by molar-refractivity contribution is 5.83. The third-order valence-electron chi connectivity index (χ3n) is 3.42. The van der Waals surface area contributed by atoms with Gasteiger partial charge in [0.2, 0.25) is 0 Å². The molecular weight excluding hydrogens is 274 g/mol. The van der Waals surface area contributed by atoms with Crippen molar-refractivity contribution in [2.45, 2.75) is 19.6 Å². The zero-order valence-corrected chi connectivity index (χ0v) is 12.1. The molecule has 6 heteroatoms. The number of aromatic nitrogens is 1. The number of aliphatic carboxylic acids is 1. The van der Waals surface area contributed by atoms with E-state index < -0.39 is 11.9 Å². The first-order valence-corrected chi connectivity index (χ1v) is 6.42. The highest BCUT2D eigenvalue weighted by atomic mass is 16.5. The van der Waals surface area contributed by atoms with E-state index >= 15 is 0 Å². The predicted molar refractivity (Wildman–Crippen MR) is 77.8 cm³/mol. The Labute approximate surface area is 121 Å². The van der Waals surface area contributed by atoms with E-state index in [9.17, 15) is 9.59 Å². The van der Waals surface area contributed by atoms with E-state index in [1.807, 2.05) is 0 Å². The SMILES string of the molecule is COCn1cc(C(C)C(=O)O)c(=O)c2cc(OC)ccc21. The van der Waals surface area contributed by atoms with E-state index in [1.54, 1.807) is 29.0 Å². The van der Waals surface area contributed by atoms with Gasteiger partial charge in [-0.25, -0.2) is 0 Å². The lowest BCUT2D eigenvalue weighted by atomic mass is 10.0. The minimum Gasteiger partial charge on any atom is -0.497 e. The fourth-order valence-corrected chi connectivity index (χ4v) is 2.21. The molecule has 0 saturated heterocycles.